The monoisotopic (exact) mass is 315 g/mol. The van der Waals surface area contributed by atoms with Gasteiger partial charge in [-0.15, -0.1) is 16.4 Å². The summed E-state index contributed by atoms with van der Waals surface area (Å²) in [6.07, 6.45) is 0. The summed E-state index contributed by atoms with van der Waals surface area (Å²) in [5.74, 6) is 0. The number of aromatic nitrogens is 3. The third-order valence-electron chi connectivity index (χ3n) is 3.32. The summed E-state index contributed by atoms with van der Waals surface area (Å²) in [5.41, 5.74) is 8.70. The van der Waals surface area contributed by atoms with Crippen LogP contribution in [0.25, 0.3) is 16.3 Å². The first kappa shape index (κ1) is 14.4. The van der Waals surface area contributed by atoms with Crippen molar-refractivity contribution in [3.63, 3.8) is 0 Å². The third kappa shape index (κ3) is 2.38. The highest BCUT2D eigenvalue weighted by atomic mass is 32.1. The van der Waals surface area contributed by atoms with Crippen LogP contribution in [-0.2, 0) is 6.54 Å². The van der Waals surface area contributed by atoms with Crippen molar-refractivity contribution < 1.29 is 4.92 Å². The molecular weight excluding hydrogens is 302 g/mol. The van der Waals surface area contributed by atoms with Gasteiger partial charge in [-0.25, -0.2) is 4.68 Å². The molecule has 112 valence electrons. The molecule has 2 aromatic heterocycles. The van der Waals surface area contributed by atoms with Gasteiger partial charge in [-0.2, -0.15) is 0 Å². The van der Waals surface area contributed by atoms with Gasteiger partial charge in [0.15, 0.2) is 0 Å². The molecule has 7 nitrogen and oxygen atoms in total. The quantitative estimate of drug-likeness (QED) is 0.589. The predicted molar refractivity (Wildman–Crippen MR) is 84.0 cm³/mol. The summed E-state index contributed by atoms with van der Waals surface area (Å²) in [6, 6.07) is 8.56. The molecule has 0 spiro atoms. The average molecular weight is 315 g/mol. The molecule has 0 aliphatic rings. The second-order valence-corrected chi connectivity index (χ2v) is 5.65. The molecular formula is C14H13N5O2S. The van der Waals surface area contributed by atoms with E-state index in [0.29, 0.717) is 11.4 Å². The topological polar surface area (TPSA) is 99.9 Å². The first-order valence-electron chi connectivity index (χ1n) is 6.55. The van der Waals surface area contributed by atoms with Crippen LogP contribution in [0.2, 0.25) is 0 Å². The fourth-order valence-corrected chi connectivity index (χ4v) is 3.00. The normalized spacial score (nSPS) is 10.8. The van der Waals surface area contributed by atoms with Crippen molar-refractivity contribution in [2.24, 2.45) is 5.73 Å². The van der Waals surface area contributed by atoms with Crippen molar-refractivity contribution in [1.82, 2.24) is 15.0 Å². The Morgan fingerprint density at radius 1 is 1.41 bits per heavy atom. The van der Waals surface area contributed by atoms with Crippen LogP contribution < -0.4 is 5.73 Å². The maximum atomic E-state index is 11.0. The lowest BCUT2D eigenvalue weighted by Crippen LogP contribution is -2.04. The van der Waals surface area contributed by atoms with Gasteiger partial charge >= 0.3 is 0 Å². The average Bonchev–Trinajstić information content (AvgIpc) is 3.15. The summed E-state index contributed by atoms with van der Waals surface area (Å²) in [5, 5.41) is 21.2. The van der Waals surface area contributed by atoms with Gasteiger partial charge in [0, 0.05) is 18.7 Å². The molecule has 0 saturated carbocycles. The predicted octanol–water partition coefficient (Wildman–Crippen LogP) is 2.67. The number of thiophene rings is 1. The van der Waals surface area contributed by atoms with Crippen LogP contribution >= 0.6 is 11.3 Å². The molecule has 22 heavy (non-hydrogen) atoms. The molecule has 0 atom stereocenters. The summed E-state index contributed by atoms with van der Waals surface area (Å²) in [6.45, 7) is 2.13. The molecule has 3 aromatic rings. The van der Waals surface area contributed by atoms with Crippen molar-refractivity contribution in [2.45, 2.75) is 13.5 Å². The molecule has 0 unspecified atom stereocenters. The Kier molecular flexibility index (Phi) is 3.70. The molecule has 0 radical (unpaired) electrons. The number of nitro benzene ring substituents is 1. The lowest BCUT2D eigenvalue weighted by Gasteiger charge is -2.09. The van der Waals surface area contributed by atoms with Crippen molar-refractivity contribution in [2.75, 3.05) is 0 Å². The number of hydrogen-bond acceptors (Lipinski definition) is 6. The van der Waals surface area contributed by atoms with Crippen LogP contribution in [-0.4, -0.2) is 19.9 Å². The fraction of sp³-hybridized carbons (Fsp3) is 0.143. The van der Waals surface area contributed by atoms with Gasteiger partial charge in [0.1, 0.15) is 11.4 Å². The number of nitrogens with zero attached hydrogens (tertiary/aromatic N) is 4. The van der Waals surface area contributed by atoms with E-state index in [2.05, 4.69) is 10.3 Å². The van der Waals surface area contributed by atoms with Gasteiger partial charge in [0.05, 0.1) is 15.5 Å². The van der Waals surface area contributed by atoms with E-state index in [-0.39, 0.29) is 12.2 Å². The van der Waals surface area contributed by atoms with Crippen LogP contribution in [0.1, 0.15) is 11.3 Å². The van der Waals surface area contributed by atoms with Crippen LogP contribution in [0.4, 0.5) is 5.69 Å². The molecule has 1 aromatic carbocycles. The Hall–Kier alpha value is -2.58. The van der Waals surface area contributed by atoms with E-state index in [1.807, 2.05) is 24.4 Å². The Morgan fingerprint density at radius 2 is 2.23 bits per heavy atom. The van der Waals surface area contributed by atoms with Crippen molar-refractivity contribution in [3.8, 4) is 16.3 Å². The SMILES string of the molecule is Cc1ccc([N+](=O)[O-])cc1-n1nnc(CN)c1-c1cccs1. The minimum Gasteiger partial charge on any atom is -0.325 e. The zero-order chi connectivity index (χ0) is 15.7. The Labute approximate surface area is 130 Å². The lowest BCUT2D eigenvalue weighted by atomic mass is 10.1. The molecule has 0 saturated heterocycles. The maximum absolute atomic E-state index is 11.0. The van der Waals surface area contributed by atoms with E-state index in [1.54, 1.807) is 22.1 Å². The molecule has 0 fully saturated rings. The first-order valence-corrected chi connectivity index (χ1v) is 7.43. The van der Waals surface area contributed by atoms with Crippen LogP contribution in [0, 0.1) is 17.0 Å². The second-order valence-electron chi connectivity index (χ2n) is 4.71. The van der Waals surface area contributed by atoms with Crippen molar-refractivity contribution >= 4 is 17.0 Å². The number of hydrogen-bond donors (Lipinski definition) is 1. The fourth-order valence-electron chi connectivity index (χ4n) is 2.22. The van der Waals surface area contributed by atoms with E-state index in [0.717, 1.165) is 16.1 Å². The molecule has 2 heterocycles. The summed E-state index contributed by atoms with van der Waals surface area (Å²) in [4.78, 5) is 11.6. The zero-order valence-corrected chi connectivity index (χ0v) is 12.6. The first-order chi connectivity index (χ1) is 10.6. The van der Waals surface area contributed by atoms with Crippen LogP contribution in [0.5, 0.6) is 0 Å². The summed E-state index contributed by atoms with van der Waals surface area (Å²) < 4.78 is 1.62. The largest absolute Gasteiger partial charge is 0.325 e. The van der Waals surface area contributed by atoms with Gasteiger partial charge in [-0.1, -0.05) is 17.3 Å². The van der Waals surface area contributed by atoms with E-state index in [1.165, 1.54) is 12.1 Å². The standard InChI is InChI=1S/C14H13N5O2S/c1-9-4-5-10(19(20)21)7-12(9)18-14(11(8-15)16-17-18)13-3-2-6-22-13/h2-7H,8,15H2,1H3. The second kappa shape index (κ2) is 5.66. The molecule has 3 rings (SSSR count). The van der Waals surface area contributed by atoms with Crippen molar-refractivity contribution in [1.29, 1.82) is 0 Å². The van der Waals surface area contributed by atoms with E-state index < -0.39 is 4.92 Å². The van der Waals surface area contributed by atoms with Gasteiger partial charge in [0.25, 0.3) is 5.69 Å². The smallest absolute Gasteiger partial charge is 0.271 e. The van der Waals surface area contributed by atoms with E-state index in [4.69, 9.17) is 5.73 Å². The molecule has 0 bridgehead atoms. The van der Waals surface area contributed by atoms with Gasteiger partial charge in [-0.3, -0.25) is 10.1 Å². The molecule has 2 N–H and O–H groups in total. The number of aryl methyl sites for hydroxylation is 1. The van der Waals surface area contributed by atoms with Gasteiger partial charge in [-0.05, 0) is 23.9 Å². The molecule has 8 heteroatoms. The number of non-ortho nitro benzene ring substituents is 1. The van der Waals surface area contributed by atoms with Gasteiger partial charge < -0.3 is 5.73 Å². The Morgan fingerprint density at radius 3 is 2.86 bits per heavy atom. The minimum atomic E-state index is -0.422. The molecule has 0 aliphatic heterocycles. The highest BCUT2D eigenvalue weighted by Crippen LogP contribution is 2.31. The number of nitro groups is 1. The third-order valence-corrected chi connectivity index (χ3v) is 4.20. The van der Waals surface area contributed by atoms with E-state index >= 15 is 0 Å². The van der Waals surface area contributed by atoms with Crippen LogP contribution in [0.3, 0.4) is 0 Å². The summed E-state index contributed by atoms with van der Waals surface area (Å²) >= 11 is 1.55. The molecule has 0 aliphatic carbocycles. The maximum Gasteiger partial charge on any atom is 0.271 e. The number of benzene rings is 1. The summed E-state index contributed by atoms with van der Waals surface area (Å²) in [7, 11) is 0. The zero-order valence-electron chi connectivity index (χ0n) is 11.8. The Balaban J connectivity index is 2.23. The highest BCUT2D eigenvalue weighted by Gasteiger charge is 2.19. The minimum absolute atomic E-state index is 0.0162. The number of rotatable bonds is 4. The molecule has 0 amide bonds. The highest BCUT2D eigenvalue weighted by molar-refractivity contribution is 7.13. The Bertz CT molecular complexity index is 826. The lowest BCUT2D eigenvalue weighted by molar-refractivity contribution is -0.384. The van der Waals surface area contributed by atoms with Gasteiger partial charge in [0.2, 0.25) is 0 Å². The van der Waals surface area contributed by atoms with Crippen molar-refractivity contribution in [3.05, 3.63) is 57.1 Å². The number of nitrogens with two attached hydrogens (primary N) is 1. The van der Waals surface area contributed by atoms with E-state index in [9.17, 15) is 10.1 Å². The van der Waals surface area contributed by atoms with Crippen LogP contribution in [0.15, 0.2) is 35.7 Å².